The predicted octanol–water partition coefficient (Wildman–Crippen LogP) is 5.60. The van der Waals surface area contributed by atoms with Crippen LogP contribution in [-0.4, -0.2) is 24.0 Å². The number of piperidine rings is 1. The van der Waals surface area contributed by atoms with E-state index in [4.69, 9.17) is 5.53 Å². The van der Waals surface area contributed by atoms with Gasteiger partial charge in [0.15, 0.2) is 0 Å². The molecule has 8 heteroatoms. The number of alkyl halides is 3. The fourth-order valence-corrected chi connectivity index (χ4v) is 3.19. The maximum Gasteiger partial charge on any atom is 0.416 e. The lowest BCUT2D eigenvalue weighted by molar-refractivity contribution is -0.137. The highest BCUT2D eigenvalue weighted by atomic mass is 35.5. The Labute approximate surface area is 146 Å². The van der Waals surface area contributed by atoms with Gasteiger partial charge in [0.25, 0.3) is 0 Å². The van der Waals surface area contributed by atoms with Gasteiger partial charge in [0.2, 0.25) is 0 Å². The summed E-state index contributed by atoms with van der Waals surface area (Å²) in [5.74, 6) is 0.522. The summed E-state index contributed by atoms with van der Waals surface area (Å²) in [6, 6.07) is 5.45. The van der Waals surface area contributed by atoms with Gasteiger partial charge in [0.1, 0.15) is 0 Å². The van der Waals surface area contributed by atoms with Crippen molar-refractivity contribution in [3.8, 4) is 0 Å². The molecule has 0 aliphatic carbocycles. The normalized spacial score (nSPS) is 23.0. The Balaban J connectivity index is 0.00000288. The van der Waals surface area contributed by atoms with Gasteiger partial charge in [-0.05, 0) is 48.9 Å². The average Bonchev–Trinajstić information content (AvgIpc) is 2.52. The third-order valence-corrected chi connectivity index (χ3v) is 4.56. The van der Waals surface area contributed by atoms with Gasteiger partial charge in [-0.25, -0.2) is 0 Å². The fourth-order valence-electron chi connectivity index (χ4n) is 3.19. The molecule has 1 fully saturated rings. The van der Waals surface area contributed by atoms with Crippen molar-refractivity contribution in [2.24, 2.45) is 11.0 Å². The van der Waals surface area contributed by atoms with Crippen molar-refractivity contribution in [2.45, 2.75) is 44.9 Å². The molecule has 1 aliphatic heterocycles. The highest BCUT2D eigenvalue weighted by molar-refractivity contribution is 5.85. The second-order valence-corrected chi connectivity index (χ2v) is 6.24. The van der Waals surface area contributed by atoms with Crippen LogP contribution in [0, 0.1) is 5.92 Å². The molecule has 0 N–H and O–H groups in total. The molecule has 134 valence electrons. The van der Waals surface area contributed by atoms with E-state index in [1.807, 2.05) is 6.92 Å². The second kappa shape index (κ2) is 8.60. The van der Waals surface area contributed by atoms with Gasteiger partial charge in [-0.1, -0.05) is 24.2 Å². The number of hydrogen-bond acceptors (Lipinski definition) is 2. The molecule has 2 rings (SSSR count). The minimum Gasteiger partial charge on any atom is -0.293 e. The van der Waals surface area contributed by atoms with Crippen LogP contribution in [0.3, 0.4) is 0 Å². The fraction of sp³-hybridized carbons (Fsp3) is 0.625. The van der Waals surface area contributed by atoms with Gasteiger partial charge in [0.05, 0.1) is 5.56 Å². The summed E-state index contributed by atoms with van der Waals surface area (Å²) < 4.78 is 38.0. The van der Waals surface area contributed by atoms with Crippen LogP contribution in [0.15, 0.2) is 29.4 Å². The number of hydrogen-bond donors (Lipinski definition) is 0. The Hall–Kier alpha value is -1.43. The van der Waals surface area contributed by atoms with Crippen molar-refractivity contribution < 1.29 is 13.2 Å². The Kier molecular flexibility index (Phi) is 7.39. The summed E-state index contributed by atoms with van der Waals surface area (Å²) in [7, 11) is 0. The van der Waals surface area contributed by atoms with E-state index in [1.54, 1.807) is 0 Å². The zero-order chi connectivity index (χ0) is 17.0. The average molecular weight is 363 g/mol. The summed E-state index contributed by atoms with van der Waals surface area (Å²) in [5.41, 5.74) is 8.74. The minimum atomic E-state index is -4.31. The number of nitrogens with zero attached hydrogens (tertiary/aromatic N) is 4. The van der Waals surface area contributed by atoms with Crippen LogP contribution in [0.5, 0.6) is 0 Å². The smallest absolute Gasteiger partial charge is 0.293 e. The van der Waals surface area contributed by atoms with E-state index >= 15 is 0 Å². The van der Waals surface area contributed by atoms with Crippen LogP contribution in [0.1, 0.15) is 43.9 Å². The molecule has 1 aromatic rings. The molecule has 0 radical (unpaired) electrons. The zero-order valence-corrected chi connectivity index (χ0v) is 14.5. The molecule has 1 heterocycles. The maximum atomic E-state index is 12.7. The molecule has 0 aromatic heterocycles. The Morgan fingerprint density at radius 3 is 2.46 bits per heavy atom. The van der Waals surface area contributed by atoms with Crippen molar-refractivity contribution in [3.63, 3.8) is 0 Å². The molecule has 24 heavy (non-hydrogen) atoms. The minimum absolute atomic E-state index is 0. The number of likely N-dealkylation sites (tertiary alicyclic amines) is 1. The first-order valence-electron chi connectivity index (χ1n) is 7.76. The van der Waals surface area contributed by atoms with E-state index in [2.05, 4.69) is 21.8 Å². The van der Waals surface area contributed by atoms with Gasteiger partial charge in [-0.15, -0.1) is 12.4 Å². The van der Waals surface area contributed by atoms with Crippen molar-refractivity contribution in [3.05, 3.63) is 45.8 Å². The van der Waals surface area contributed by atoms with E-state index in [-0.39, 0.29) is 24.5 Å². The van der Waals surface area contributed by atoms with Crippen LogP contribution in [-0.2, 0) is 6.18 Å². The third kappa shape index (κ3) is 5.03. The van der Waals surface area contributed by atoms with Gasteiger partial charge in [-0.3, -0.25) is 4.90 Å². The molecule has 1 aliphatic rings. The summed E-state index contributed by atoms with van der Waals surface area (Å²) >= 11 is 0. The SMILES string of the molecule is CC(c1ccc(C(F)(F)F)cc1)N1C[C@H](C)CC[C@H]1CN=[N+]=[N-].Cl. The summed E-state index contributed by atoms with van der Waals surface area (Å²) in [6.45, 7) is 5.40. The Bertz CT molecular complexity index is 570. The largest absolute Gasteiger partial charge is 0.416 e. The molecular weight excluding hydrogens is 341 g/mol. The number of benzene rings is 1. The highest BCUT2D eigenvalue weighted by Gasteiger charge is 2.32. The van der Waals surface area contributed by atoms with Crippen molar-refractivity contribution in [2.75, 3.05) is 13.1 Å². The van der Waals surface area contributed by atoms with E-state index in [1.165, 1.54) is 12.1 Å². The van der Waals surface area contributed by atoms with Crippen LogP contribution in [0.4, 0.5) is 13.2 Å². The molecule has 0 saturated carbocycles. The predicted molar refractivity (Wildman–Crippen MR) is 90.0 cm³/mol. The lowest BCUT2D eigenvalue weighted by Crippen LogP contribution is -2.45. The first-order valence-corrected chi connectivity index (χ1v) is 7.76. The van der Waals surface area contributed by atoms with Gasteiger partial charge in [-0.2, -0.15) is 13.2 Å². The summed E-state index contributed by atoms with van der Waals surface area (Å²) in [4.78, 5) is 5.07. The lowest BCUT2D eigenvalue weighted by atomic mass is 9.91. The molecule has 1 aromatic carbocycles. The van der Waals surface area contributed by atoms with Crippen LogP contribution in [0.25, 0.3) is 10.4 Å². The Morgan fingerprint density at radius 1 is 1.29 bits per heavy atom. The van der Waals surface area contributed by atoms with Crippen molar-refractivity contribution >= 4 is 12.4 Å². The molecule has 0 spiro atoms. The molecule has 3 atom stereocenters. The topological polar surface area (TPSA) is 52.0 Å². The van der Waals surface area contributed by atoms with E-state index in [0.29, 0.717) is 12.5 Å². The quantitative estimate of drug-likeness (QED) is 0.390. The van der Waals surface area contributed by atoms with Crippen LogP contribution >= 0.6 is 12.4 Å². The number of halogens is 4. The second-order valence-electron chi connectivity index (χ2n) is 6.24. The molecule has 0 bridgehead atoms. The van der Waals surface area contributed by atoms with E-state index in [9.17, 15) is 13.2 Å². The highest BCUT2D eigenvalue weighted by Crippen LogP contribution is 2.33. The van der Waals surface area contributed by atoms with Gasteiger partial charge in [0, 0.05) is 30.1 Å². The van der Waals surface area contributed by atoms with Crippen LogP contribution in [0.2, 0.25) is 0 Å². The Morgan fingerprint density at radius 2 is 1.92 bits per heavy atom. The molecule has 1 unspecified atom stereocenters. The summed E-state index contributed by atoms with van der Waals surface area (Å²) in [5, 5.41) is 3.68. The van der Waals surface area contributed by atoms with Crippen LogP contribution < -0.4 is 0 Å². The molecular formula is C16H22ClF3N4. The molecule has 4 nitrogen and oxygen atoms in total. The molecule has 1 saturated heterocycles. The van der Waals surface area contributed by atoms with E-state index in [0.717, 1.165) is 37.1 Å². The first-order chi connectivity index (χ1) is 10.8. The lowest BCUT2D eigenvalue weighted by Gasteiger charge is -2.42. The first kappa shape index (κ1) is 20.6. The zero-order valence-electron chi connectivity index (χ0n) is 13.7. The monoisotopic (exact) mass is 362 g/mol. The third-order valence-electron chi connectivity index (χ3n) is 4.56. The number of azide groups is 1. The standard InChI is InChI=1S/C16H21F3N4.ClH/c1-11-3-8-15(9-21-22-20)23(10-11)12(2)13-4-6-14(7-5-13)16(17,18)19;/h4-7,11-12,15H,3,8-10H2,1-2H3;1H/t11-,12?,15+;/m1./s1. The van der Waals surface area contributed by atoms with Gasteiger partial charge < -0.3 is 0 Å². The summed E-state index contributed by atoms with van der Waals surface area (Å²) in [6.07, 6.45) is -2.31. The maximum absolute atomic E-state index is 12.7. The van der Waals surface area contributed by atoms with E-state index < -0.39 is 11.7 Å². The number of rotatable bonds is 4. The van der Waals surface area contributed by atoms with Crippen molar-refractivity contribution in [1.29, 1.82) is 0 Å². The van der Waals surface area contributed by atoms with Crippen molar-refractivity contribution in [1.82, 2.24) is 4.90 Å². The molecule has 0 amide bonds. The van der Waals surface area contributed by atoms with Gasteiger partial charge >= 0.3 is 6.18 Å².